The van der Waals surface area contributed by atoms with E-state index in [1.807, 2.05) is 37.3 Å². The fourth-order valence-electron chi connectivity index (χ4n) is 2.62. The first-order chi connectivity index (χ1) is 12.9. The van der Waals surface area contributed by atoms with Gasteiger partial charge in [0.15, 0.2) is 0 Å². The van der Waals surface area contributed by atoms with Crippen LogP contribution in [0.5, 0.6) is 0 Å². The zero-order valence-corrected chi connectivity index (χ0v) is 15.8. The van der Waals surface area contributed by atoms with E-state index in [2.05, 4.69) is 10.6 Å². The second kappa shape index (κ2) is 9.51. The minimum atomic E-state index is -0.511. The van der Waals surface area contributed by atoms with Gasteiger partial charge in [-0.3, -0.25) is 14.5 Å². The van der Waals surface area contributed by atoms with Gasteiger partial charge in [-0.05, 0) is 50.2 Å². The maximum atomic E-state index is 12.4. The van der Waals surface area contributed by atoms with Crippen molar-refractivity contribution in [2.75, 3.05) is 24.2 Å². The molecule has 0 saturated carbocycles. The Hall–Kier alpha value is -3.17. The highest BCUT2D eigenvalue weighted by molar-refractivity contribution is 5.96. The first-order valence-corrected chi connectivity index (χ1v) is 8.83. The number of benzene rings is 2. The molecule has 0 bridgehead atoms. The van der Waals surface area contributed by atoms with E-state index in [9.17, 15) is 9.59 Å². The van der Waals surface area contributed by atoms with Gasteiger partial charge in [-0.1, -0.05) is 31.2 Å². The lowest BCUT2D eigenvalue weighted by Crippen LogP contribution is -2.43. The van der Waals surface area contributed by atoms with E-state index < -0.39 is 6.04 Å². The van der Waals surface area contributed by atoms with E-state index in [0.717, 1.165) is 17.7 Å². The van der Waals surface area contributed by atoms with Crippen LogP contribution >= 0.6 is 0 Å². The molecule has 6 heteroatoms. The largest absolute Gasteiger partial charge is 0.325 e. The van der Waals surface area contributed by atoms with E-state index in [1.54, 1.807) is 43.1 Å². The Labute approximate surface area is 159 Å². The molecule has 2 N–H and O–H groups in total. The Bertz CT molecular complexity index is 857. The van der Waals surface area contributed by atoms with Crippen LogP contribution in [0.3, 0.4) is 0 Å². The highest BCUT2D eigenvalue weighted by Crippen LogP contribution is 2.15. The molecule has 2 amide bonds. The van der Waals surface area contributed by atoms with Crippen LogP contribution < -0.4 is 10.6 Å². The number of carbonyl (C=O) groups excluding carboxylic acids is 2. The Kier molecular flexibility index (Phi) is 7.09. The van der Waals surface area contributed by atoms with Crippen molar-refractivity contribution in [2.45, 2.75) is 26.3 Å². The van der Waals surface area contributed by atoms with E-state index in [4.69, 9.17) is 5.26 Å². The Morgan fingerprint density at radius 1 is 1.15 bits per heavy atom. The SMILES string of the molecule is CCc1ccccc1NC(=O)CN(C)[C@H](C)C(=O)Nc1cccc(C#N)c1. The summed E-state index contributed by atoms with van der Waals surface area (Å²) in [6, 6.07) is 15.9. The molecule has 2 rings (SSSR count). The number of anilines is 2. The monoisotopic (exact) mass is 364 g/mol. The minimum Gasteiger partial charge on any atom is -0.325 e. The van der Waals surface area contributed by atoms with Crippen LogP contribution in [0.1, 0.15) is 25.0 Å². The first kappa shape index (κ1) is 20.1. The van der Waals surface area contributed by atoms with Crippen LogP contribution in [-0.4, -0.2) is 36.3 Å². The van der Waals surface area contributed by atoms with Gasteiger partial charge in [-0.25, -0.2) is 0 Å². The van der Waals surface area contributed by atoms with Gasteiger partial charge in [0, 0.05) is 11.4 Å². The molecule has 6 nitrogen and oxygen atoms in total. The molecule has 140 valence electrons. The molecule has 2 aromatic rings. The quantitative estimate of drug-likeness (QED) is 0.791. The summed E-state index contributed by atoms with van der Waals surface area (Å²) < 4.78 is 0. The molecule has 0 saturated heterocycles. The predicted molar refractivity (Wildman–Crippen MR) is 106 cm³/mol. The second-order valence-electron chi connectivity index (χ2n) is 6.33. The molecule has 0 aromatic heterocycles. The van der Waals surface area contributed by atoms with Crippen molar-refractivity contribution >= 4 is 23.2 Å². The fourth-order valence-corrected chi connectivity index (χ4v) is 2.62. The molecule has 0 spiro atoms. The standard InChI is InChI=1S/C21H24N4O2/c1-4-17-9-5-6-11-19(17)24-20(26)14-25(3)15(2)21(27)23-18-10-7-8-16(12-18)13-22/h5-12,15H,4,14H2,1-3H3,(H,23,27)(H,24,26)/t15-/m1/s1. The van der Waals surface area contributed by atoms with E-state index in [0.29, 0.717) is 11.3 Å². The number of nitrogens with zero attached hydrogens (tertiary/aromatic N) is 2. The Balaban J connectivity index is 1.93. The summed E-state index contributed by atoms with van der Waals surface area (Å²) in [4.78, 5) is 26.4. The summed E-state index contributed by atoms with van der Waals surface area (Å²) in [7, 11) is 1.72. The summed E-state index contributed by atoms with van der Waals surface area (Å²) in [5.74, 6) is -0.418. The number of nitriles is 1. The zero-order valence-electron chi connectivity index (χ0n) is 15.8. The third-order valence-corrected chi connectivity index (χ3v) is 4.37. The third-order valence-electron chi connectivity index (χ3n) is 4.37. The van der Waals surface area contributed by atoms with Crippen molar-refractivity contribution in [1.82, 2.24) is 4.90 Å². The molecule has 0 unspecified atom stereocenters. The van der Waals surface area contributed by atoms with Gasteiger partial charge in [-0.15, -0.1) is 0 Å². The average molecular weight is 364 g/mol. The number of carbonyl (C=O) groups is 2. The minimum absolute atomic E-state index is 0.0882. The molecule has 0 heterocycles. The molecule has 27 heavy (non-hydrogen) atoms. The number of likely N-dealkylation sites (N-methyl/N-ethyl adjacent to an activating group) is 1. The van der Waals surface area contributed by atoms with Crippen molar-refractivity contribution in [3.05, 3.63) is 59.7 Å². The lowest BCUT2D eigenvalue weighted by Gasteiger charge is -2.23. The van der Waals surface area contributed by atoms with E-state index >= 15 is 0 Å². The smallest absolute Gasteiger partial charge is 0.241 e. The van der Waals surface area contributed by atoms with E-state index in [1.165, 1.54) is 0 Å². The van der Waals surface area contributed by atoms with Crippen molar-refractivity contribution < 1.29 is 9.59 Å². The number of para-hydroxylation sites is 1. The number of aryl methyl sites for hydroxylation is 1. The normalized spacial score (nSPS) is 11.5. The molecule has 0 aliphatic rings. The number of nitrogens with one attached hydrogen (secondary N) is 2. The molecule has 0 radical (unpaired) electrons. The molecule has 1 atom stereocenters. The number of hydrogen-bond donors (Lipinski definition) is 2. The van der Waals surface area contributed by atoms with Crippen molar-refractivity contribution in [3.63, 3.8) is 0 Å². The summed E-state index contributed by atoms with van der Waals surface area (Å²) >= 11 is 0. The van der Waals surface area contributed by atoms with Crippen molar-refractivity contribution in [1.29, 1.82) is 5.26 Å². The highest BCUT2D eigenvalue weighted by atomic mass is 16.2. The number of amides is 2. The van der Waals surface area contributed by atoms with Crippen LogP contribution in [0.15, 0.2) is 48.5 Å². The van der Waals surface area contributed by atoms with Gasteiger partial charge in [0.1, 0.15) is 0 Å². The molecule has 0 fully saturated rings. The number of rotatable bonds is 7. The maximum Gasteiger partial charge on any atom is 0.241 e. The van der Waals surface area contributed by atoms with Crippen LogP contribution in [0.2, 0.25) is 0 Å². The van der Waals surface area contributed by atoms with Crippen LogP contribution in [-0.2, 0) is 16.0 Å². The molecular weight excluding hydrogens is 340 g/mol. The summed E-state index contributed by atoms with van der Waals surface area (Å²) in [5.41, 5.74) is 2.89. The van der Waals surface area contributed by atoms with Crippen LogP contribution in [0.4, 0.5) is 11.4 Å². The van der Waals surface area contributed by atoms with Crippen LogP contribution in [0, 0.1) is 11.3 Å². The van der Waals surface area contributed by atoms with Crippen molar-refractivity contribution in [2.24, 2.45) is 0 Å². The summed E-state index contributed by atoms with van der Waals surface area (Å²) in [5, 5.41) is 14.6. The van der Waals surface area contributed by atoms with Gasteiger partial charge in [0.25, 0.3) is 0 Å². The van der Waals surface area contributed by atoms with Gasteiger partial charge in [0.2, 0.25) is 11.8 Å². The predicted octanol–water partition coefficient (Wildman–Crippen LogP) is 3.02. The lowest BCUT2D eigenvalue weighted by atomic mass is 10.1. The summed E-state index contributed by atoms with van der Waals surface area (Å²) in [6.45, 7) is 3.85. The van der Waals surface area contributed by atoms with Gasteiger partial charge in [-0.2, -0.15) is 5.26 Å². The highest BCUT2D eigenvalue weighted by Gasteiger charge is 2.20. The van der Waals surface area contributed by atoms with Gasteiger partial charge >= 0.3 is 0 Å². The van der Waals surface area contributed by atoms with Gasteiger partial charge < -0.3 is 10.6 Å². The van der Waals surface area contributed by atoms with Crippen LogP contribution in [0.25, 0.3) is 0 Å². The third kappa shape index (κ3) is 5.66. The molecule has 0 aliphatic carbocycles. The molecular formula is C21H24N4O2. The maximum absolute atomic E-state index is 12.4. The topological polar surface area (TPSA) is 85.2 Å². The van der Waals surface area contributed by atoms with Gasteiger partial charge in [0.05, 0.1) is 24.2 Å². The molecule has 2 aromatic carbocycles. The summed E-state index contributed by atoms with van der Waals surface area (Å²) in [6.07, 6.45) is 0.826. The lowest BCUT2D eigenvalue weighted by molar-refractivity contribution is -0.122. The van der Waals surface area contributed by atoms with E-state index in [-0.39, 0.29) is 18.4 Å². The first-order valence-electron chi connectivity index (χ1n) is 8.83. The molecule has 0 aliphatic heterocycles. The Morgan fingerprint density at radius 3 is 2.59 bits per heavy atom. The fraction of sp³-hybridized carbons (Fsp3) is 0.286. The number of hydrogen-bond acceptors (Lipinski definition) is 4. The Morgan fingerprint density at radius 2 is 1.89 bits per heavy atom. The average Bonchev–Trinajstić information content (AvgIpc) is 2.67. The van der Waals surface area contributed by atoms with Crippen molar-refractivity contribution in [3.8, 4) is 6.07 Å². The zero-order chi connectivity index (χ0) is 19.8. The second-order valence-corrected chi connectivity index (χ2v) is 6.33.